The van der Waals surface area contributed by atoms with Gasteiger partial charge in [-0.1, -0.05) is 61.5 Å². The summed E-state index contributed by atoms with van der Waals surface area (Å²) in [7, 11) is 5.61. The van der Waals surface area contributed by atoms with Crippen LogP contribution in [0.5, 0.6) is 17.2 Å². The number of fused-ring (bicyclic) bond motifs is 4. The quantitative estimate of drug-likeness (QED) is 0.0730. The first-order chi connectivity index (χ1) is 42.1. The van der Waals surface area contributed by atoms with Gasteiger partial charge in [-0.05, 0) is 88.7 Å². The first-order valence-electron chi connectivity index (χ1n) is 30.6. The summed E-state index contributed by atoms with van der Waals surface area (Å²) in [6.07, 6.45) is -1.58. The van der Waals surface area contributed by atoms with Crippen molar-refractivity contribution in [3.8, 4) is 17.2 Å². The lowest BCUT2D eigenvalue weighted by atomic mass is 9.98. The normalized spacial score (nSPS) is 26.4. The van der Waals surface area contributed by atoms with Gasteiger partial charge in [0.25, 0.3) is 11.8 Å². The van der Waals surface area contributed by atoms with Crippen LogP contribution >= 0.6 is 0 Å². The Kier molecular flexibility index (Phi) is 21.1. The molecule has 4 fully saturated rings. The van der Waals surface area contributed by atoms with E-state index in [1.807, 2.05) is 0 Å². The van der Waals surface area contributed by atoms with Crippen molar-refractivity contribution in [2.75, 3.05) is 65.4 Å². The van der Waals surface area contributed by atoms with Gasteiger partial charge in [0.1, 0.15) is 66.3 Å². The number of ether oxygens (including phenoxy) is 3. The molecule has 5 heterocycles. The van der Waals surface area contributed by atoms with Crippen LogP contribution in [-0.4, -0.2) is 220 Å². The van der Waals surface area contributed by atoms with Crippen LogP contribution in [0.25, 0.3) is 0 Å². The molecule has 492 valence electrons. The summed E-state index contributed by atoms with van der Waals surface area (Å²) < 4.78 is 18.4. The number of cyclic esters (lactones) is 2. The molecule has 4 saturated heterocycles. The van der Waals surface area contributed by atoms with Gasteiger partial charge in [-0.3, -0.25) is 47.9 Å². The third-order valence-corrected chi connectivity index (χ3v) is 17.6. The number of carbonyl (C=O) groups is 12. The summed E-state index contributed by atoms with van der Waals surface area (Å²) in [4.78, 5) is 181. The summed E-state index contributed by atoms with van der Waals surface area (Å²) >= 11 is 0. The number of nitrogens with zero attached hydrogens (tertiary/aromatic N) is 6. The van der Waals surface area contributed by atoms with Crippen molar-refractivity contribution in [3.63, 3.8) is 0 Å². The summed E-state index contributed by atoms with van der Waals surface area (Å²) in [6.45, 7) is 18.6. The minimum atomic E-state index is -1.85. The second kappa shape index (κ2) is 27.6. The van der Waals surface area contributed by atoms with E-state index in [0.717, 1.165) is 9.80 Å². The average molecular weight is 1260 g/mol. The number of likely N-dealkylation sites (N-methyl/N-ethyl adjacent to an activating group) is 4. The number of benzene rings is 2. The zero-order valence-electron chi connectivity index (χ0n) is 54.2. The van der Waals surface area contributed by atoms with E-state index >= 15 is 9.59 Å². The van der Waals surface area contributed by atoms with Crippen molar-refractivity contribution in [3.05, 3.63) is 34.4 Å². The molecule has 0 unspecified atom stereocenters. The fourth-order valence-electron chi connectivity index (χ4n) is 12.4. The van der Waals surface area contributed by atoms with E-state index in [-0.39, 0.29) is 59.9 Å². The third-order valence-electron chi connectivity index (χ3n) is 17.6. The average Bonchev–Trinajstić information content (AvgIpc) is 0.902. The van der Waals surface area contributed by atoms with Gasteiger partial charge in [0.15, 0.2) is 11.5 Å². The van der Waals surface area contributed by atoms with Crippen LogP contribution in [0.15, 0.2) is 12.1 Å². The Morgan fingerprint density at radius 3 is 1.43 bits per heavy atom. The number of nitrogens with one attached hydrogen (secondary N) is 5. The SMILES string of the molecule is Cc1ccc(C(=O)N[C@@H]2C(=O)N[C@H](C(C)C)C(=O)N3CCC[C@H]3C(=O)N(C)CC(=O)N(C)[C@@H](C(C)C)C(=O)O[C@@H]2C)c2c1Oc1c(C)c(O)c(N)c(C(=O)N[C@@H]3C(=O)N[C@H](C(C)C)C(=O)N4CCC[C@H]4C(=O)N(C)CC(=O)N(C)[C@@H](C(C)C)C(=O)O[C@@H]3C)c1N2. The number of carbonyl (C=O) groups excluding carboxylic acids is 12. The van der Waals surface area contributed by atoms with Crippen LogP contribution in [0, 0.1) is 37.5 Å². The third kappa shape index (κ3) is 13.7. The molecule has 2 aromatic rings. The van der Waals surface area contributed by atoms with Gasteiger partial charge >= 0.3 is 11.9 Å². The number of phenols is 1. The molecule has 5 aliphatic rings. The van der Waals surface area contributed by atoms with Crippen LogP contribution in [0.2, 0.25) is 0 Å². The second-order valence-electron chi connectivity index (χ2n) is 25.6. The molecule has 0 aromatic heterocycles. The topological polar surface area (TPSA) is 358 Å². The van der Waals surface area contributed by atoms with E-state index in [1.54, 1.807) is 62.3 Å². The van der Waals surface area contributed by atoms with E-state index in [4.69, 9.17) is 19.9 Å². The molecule has 2 aromatic carbocycles. The molecular formula is C62H88N12O16. The molecule has 0 saturated carbocycles. The molecule has 5 aliphatic heterocycles. The fourth-order valence-corrected chi connectivity index (χ4v) is 12.4. The summed E-state index contributed by atoms with van der Waals surface area (Å²) in [5.74, 6) is -12.6. The maximum atomic E-state index is 15.2. The van der Waals surface area contributed by atoms with Crippen molar-refractivity contribution in [2.24, 2.45) is 23.7 Å². The largest absolute Gasteiger partial charge is 0.505 e. The highest BCUT2D eigenvalue weighted by Gasteiger charge is 2.47. The molecule has 10 amide bonds. The van der Waals surface area contributed by atoms with Gasteiger partial charge in [-0.15, -0.1) is 0 Å². The Balaban J connectivity index is 1.28. The number of anilines is 3. The first kappa shape index (κ1) is 68.8. The van der Waals surface area contributed by atoms with Crippen LogP contribution in [0.3, 0.4) is 0 Å². The van der Waals surface area contributed by atoms with Crippen LogP contribution in [0.1, 0.15) is 127 Å². The Morgan fingerprint density at radius 1 is 0.600 bits per heavy atom. The second-order valence-corrected chi connectivity index (χ2v) is 25.6. The monoisotopic (exact) mass is 1260 g/mol. The fraction of sp³-hybridized carbons (Fsp3) is 0.613. The zero-order valence-corrected chi connectivity index (χ0v) is 54.2. The predicted octanol–water partition coefficient (Wildman–Crippen LogP) is 1.67. The summed E-state index contributed by atoms with van der Waals surface area (Å²) in [5.41, 5.74) is 5.45. The number of phenolic OH excluding ortho intramolecular Hbond substituents is 1. The van der Waals surface area contributed by atoms with Crippen molar-refractivity contribution in [1.82, 2.24) is 50.7 Å². The predicted molar refractivity (Wildman–Crippen MR) is 326 cm³/mol. The van der Waals surface area contributed by atoms with Gasteiger partial charge in [0.2, 0.25) is 47.3 Å². The van der Waals surface area contributed by atoms with Gasteiger partial charge < -0.3 is 81.0 Å². The van der Waals surface area contributed by atoms with Gasteiger partial charge in [-0.2, -0.15) is 0 Å². The number of hydrogen-bond acceptors (Lipinski definition) is 18. The van der Waals surface area contributed by atoms with E-state index < -0.39 is 185 Å². The maximum absolute atomic E-state index is 15.2. The Bertz CT molecular complexity index is 3240. The smallest absolute Gasteiger partial charge is 0.329 e. The Morgan fingerprint density at radius 2 is 1.02 bits per heavy atom. The summed E-state index contributed by atoms with van der Waals surface area (Å²) in [5, 5.41) is 25.5. The lowest BCUT2D eigenvalue weighted by molar-refractivity contribution is -0.163. The maximum Gasteiger partial charge on any atom is 0.329 e. The molecule has 0 radical (unpaired) electrons. The number of rotatable bonds is 8. The molecule has 90 heavy (non-hydrogen) atoms. The van der Waals surface area contributed by atoms with Crippen molar-refractivity contribution in [1.29, 1.82) is 0 Å². The van der Waals surface area contributed by atoms with Crippen molar-refractivity contribution >= 4 is 88.1 Å². The highest BCUT2D eigenvalue weighted by molar-refractivity contribution is 6.12. The zero-order chi connectivity index (χ0) is 67.0. The number of aryl methyl sites for hydroxylation is 1. The van der Waals surface area contributed by atoms with Crippen molar-refractivity contribution < 1.29 is 76.9 Å². The minimum Gasteiger partial charge on any atom is -0.505 e. The van der Waals surface area contributed by atoms with E-state index in [2.05, 4.69) is 26.6 Å². The molecule has 8 N–H and O–H groups in total. The molecule has 10 atom stereocenters. The van der Waals surface area contributed by atoms with Crippen LogP contribution < -0.4 is 37.1 Å². The lowest BCUT2D eigenvalue weighted by Gasteiger charge is -2.36. The van der Waals surface area contributed by atoms with Gasteiger partial charge in [0, 0.05) is 46.8 Å². The summed E-state index contributed by atoms with van der Waals surface area (Å²) in [6, 6.07) is -7.70. The molecular weight excluding hydrogens is 1170 g/mol. The molecule has 0 spiro atoms. The molecule has 7 rings (SSSR count). The van der Waals surface area contributed by atoms with E-state index in [1.165, 1.54) is 80.7 Å². The highest BCUT2D eigenvalue weighted by Crippen LogP contribution is 2.53. The van der Waals surface area contributed by atoms with E-state index in [9.17, 15) is 53.1 Å². The van der Waals surface area contributed by atoms with Crippen molar-refractivity contribution in [2.45, 2.75) is 169 Å². The number of esters is 2. The van der Waals surface area contributed by atoms with Crippen LogP contribution in [0.4, 0.5) is 17.1 Å². The lowest BCUT2D eigenvalue weighted by Crippen LogP contribution is -2.61. The number of nitrogens with two attached hydrogens (primary N) is 1. The molecule has 0 aliphatic carbocycles. The molecule has 28 nitrogen and oxygen atoms in total. The highest BCUT2D eigenvalue weighted by atomic mass is 16.6. The number of hydrogen-bond donors (Lipinski definition) is 7. The van der Waals surface area contributed by atoms with E-state index in [0.29, 0.717) is 18.4 Å². The number of amides is 10. The standard InChI is InChI=1S/C62H88N12O16/c1-27(2)42-59(84)73-23-17-19-36(73)57(82)69(13)25-38(75)71(15)48(29(5)6)61(86)88-33(11)44(55(80)65-42)67-53(78)35-22-21-31(9)51-46(35)64-47-40(41(63)50(77)32(10)52(47)90-51)54(79)68-45-34(12)89-62(87)49(30(7)8)72(16)39(76)26-70(14)58(83)37-20-18-24-74(37)60(85)43(28(3)4)66-56(45)81/h21-22,27-30,33-34,36-37,42-45,48-49,64,77H,17-20,23-26,63H2,1-16H3,(H,65,80)(H,66,81)(H,67,78)(H,68,79)/t33-,34-,36+,37+,42-,43-,44+,45+,48+,49+/m1/s1. The molecule has 0 bridgehead atoms. The first-order valence-corrected chi connectivity index (χ1v) is 30.6. The van der Waals surface area contributed by atoms with Gasteiger partial charge in [0.05, 0.1) is 41.3 Å². The number of nitrogen functional groups attached to an aromatic ring is 1. The number of aromatic hydroxyl groups is 1. The van der Waals surface area contributed by atoms with Crippen LogP contribution in [-0.2, 0) is 57.4 Å². The van der Waals surface area contributed by atoms with Gasteiger partial charge in [-0.25, -0.2) is 9.59 Å². The Hall–Kier alpha value is -8.72. The molecule has 28 heteroatoms. The minimum absolute atomic E-state index is 0.00703. The Labute approximate surface area is 523 Å².